The molecule has 10 nitrogen and oxygen atoms in total. The van der Waals surface area contributed by atoms with Crippen molar-refractivity contribution in [2.45, 2.75) is 31.8 Å². The van der Waals surface area contributed by atoms with Gasteiger partial charge < -0.3 is 15.2 Å². The van der Waals surface area contributed by atoms with Crippen LogP contribution in [0.4, 0.5) is 0 Å². The van der Waals surface area contributed by atoms with Gasteiger partial charge in [0.2, 0.25) is 0 Å². The molecule has 0 aromatic carbocycles. The summed E-state index contributed by atoms with van der Waals surface area (Å²) < 4.78 is 6.46. The van der Waals surface area contributed by atoms with Gasteiger partial charge in [0.05, 0.1) is 0 Å². The molecular weight excluding hydrogens is 376 g/mol. The van der Waals surface area contributed by atoms with Crippen LogP contribution in [0.5, 0.6) is 0 Å². The average molecular weight is 394 g/mol. The summed E-state index contributed by atoms with van der Waals surface area (Å²) in [6.45, 7) is 3.53. The van der Waals surface area contributed by atoms with E-state index < -0.39 is 35.2 Å². The number of carboxylic acid groups (broad SMARTS) is 1. The fourth-order valence-electron chi connectivity index (χ4n) is 2.86. The fourth-order valence-corrected chi connectivity index (χ4v) is 4.18. The SMILES string of the molecule is CCn1ccc(C(=O)N[C@H]2C(=O)N3C(C(=O)O)=C(COC(C)=O)CS[C@@H]23)n1. The number of fused-ring (bicyclic) bond motifs is 1. The summed E-state index contributed by atoms with van der Waals surface area (Å²) in [5.74, 6) is -2.55. The largest absolute Gasteiger partial charge is 0.477 e. The molecule has 0 saturated carbocycles. The Morgan fingerprint density at radius 2 is 2.19 bits per heavy atom. The minimum absolute atomic E-state index is 0.188. The van der Waals surface area contributed by atoms with Crippen LogP contribution in [0.25, 0.3) is 0 Å². The quantitative estimate of drug-likeness (QED) is 0.502. The molecule has 1 saturated heterocycles. The number of aromatic nitrogens is 2. The van der Waals surface area contributed by atoms with Gasteiger partial charge in [0.25, 0.3) is 11.8 Å². The molecule has 0 unspecified atom stereocenters. The number of hydrogen-bond acceptors (Lipinski definition) is 7. The maximum absolute atomic E-state index is 12.5. The summed E-state index contributed by atoms with van der Waals surface area (Å²) in [5, 5.41) is 15.7. The summed E-state index contributed by atoms with van der Waals surface area (Å²) >= 11 is 1.30. The molecule has 3 heterocycles. The van der Waals surface area contributed by atoms with Gasteiger partial charge >= 0.3 is 11.9 Å². The van der Waals surface area contributed by atoms with Gasteiger partial charge in [-0.3, -0.25) is 24.0 Å². The van der Waals surface area contributed by atoms with Crippen LogP contribution in [-0.4, -0.2) is 67.3 Å². The molecule has 2 aliphatic heterocycles. The summed E-state index contributed by atoms with van der Waals surface area (Å²) in [6.07, 6.45) is 1.66. The number of aliphatic carboxylic acids is 1. The number of β-lactam (4-membered cyclic amide) rings is 1. The Morgan fingerprint density at radius 3 is 2.78 bits per heavy atom. The molecular formula is C16H18N4O6S. The van der Waals surface area contributed by atoms with E-state index in [-0.39, 0.29) is 23.8 Å². The Bertz CT molecular complexity index is 848. The zero-order valence-electron chi connectivity index (χ0n) is 14.7. The van der Waals surface area contributed by atoms with Crippen LogP contribution < -0.4 is 5.32 Å². The maximum atomic E-state index is 12.5. The highest BCUT2D eigenvalue weighted by molar-refractivity contribution is 8.00. The van der Waals surface area contributed by atoms with Gasteiger partial charge in [-0.15, -0.1) is 11.8 Å². The van der Waals surface area contributed by atoms with Crippen molar-refractivity contribution in [1.82, 2.24) is 20.0 Å². The van der Waals surface area contributed by atoms with Crippen molar-refractivity contribution in [2.75, 3.05) is 12.4 Å². The summed E-state index contributed by atoms with van der Waals surface area (Å²) in [6, 6.07) is 0.715. The standard InChI is InChI=1S/C16H18N4O6S/c1-3-19-5-4-10(18-19)13(22)17-11-14(23)20-12(16(24)25)9(6-26-8(2)21)7-27-15(11)20/h4-5,11,15H,3,6-7H2,1-2H3,(H,17,22)(H,24,25)/t11-,15-/m0/s1. The molecule has 1 aromatic heterocycles. The number of ether oxygens (including phenoxy) is 1. The predicted octanol–water partition coefficient (Wildman–Crippen LogP) is -0.182. The molecule has 1 fully saturated rings. The van der Waals surface area contributed by atoms with E-state index in [2.05, 4.69) is 10.4 Å². The van der Waals surface area contributed by atoms with E-state index >= 15 is 0 Å². The molecule has 2 atom stereocenters. The number of nitrogens with zero attached hydrogens (tertiary/aromatic N) is 3. The second kappa shape index (κ2) is 7.43. The molecule has 2 N–H and O–H groups in total. The van der Waals surface area contributed by atoms with Crippen LogP contribution in [0.3, 0.4) is 0 Å². The van der Waals surface area contributed by atoms with Crippen molar-refractivity contribution in [3.63, 3.8) is 0 Å². The number of carboxylic acids is 1. The average Bonchev–Trinajstić information content (AvgIpc) is 3.12. The number of carbonyl (C=O) groups is 4. The number of aryl methyl sites for hydroxylation is 1. The Hall–Kier alpha value is -2.82. The zero-order chi connectivity index (χ0) is 19.7. The molecule has 3 rings (SSSR count). The van der Waals surface area contributed by atoms with Crippen molar-refractivity contribution in [3.05, 3.63) is 29.2 Å². The van der Waals surface area contributed by atoms with Gasteiger partial charge in [-0.05, 0) is 13.0 Å². The first-order valence-corrected chi connectivity index (χ1v) is 9.26. The van der Waals surface area contributed by atoms with E-state index in [9.17, 15) is 24.3 Å². The summed E-state index contributed by atoms with van der Waals surface area (Å²) in [4.78, 5) is 48.5. The van der Waals surface area contributed by atoms with E-state index in [0.29, 0.717) is 12.1 Å². The number of hydrogen-bond donors (Lipinski definition) is 2. The number of nitrogens with one attached hydrogen (secondary N) is 1. The lowest BCUT2D eigenvalue weighted by molar-refractivity contribution is -0.149. The number of carbonyl (C=O) groups excluding carboxylic acids is 3. The van der Waals surface area contributed by atoms with Gasteiger partial charge in [-0.25, -0.2) is 4.79 Å². The second-order valence-electron chi connectivity index (χ2n) is 5.96. The molecule has 0 aliphatic carbocycles. The fraction of sp³-hybridized carbons (Fsp3) is 0.438. The zero-order valence-corrected chi connectivity index (χ0v) is 15.5. The molecule has 11 heteroatoms. The Labute approximate surface area is 158 Å². The van der Waals surface area contributed by atoms with Crippen LogP contribution in [0.15, 0.2) is 23.5 Å². The van der Waals surface area contributed by atoms with Gasteiger partial charge in [-0.1, -0.05) is 0 Å². The smallest absolute Gasteiger partial charge is 0.352 e. The van der Waals surface area contributed by atoms with Crippen molar-refractivity contribution < 1.29 is 29.0 Å². The number of amides is 2. The van der Waals surface area contributed by atoms with E-state index in [1.165, 1.54) is 18.7 Å². The van der Waals surface area contributed by atoms with E-state index in [1.807, 2.05) is 6.92 Å². The lowest BCUT2D eigenvalue weighted by Crippen LogP contribution is -2.70. The van der Waals surface area contributed by atoms with E-state index in [1.54, 1.807) is 16.9 Å². The van der Waals surface area contributed by atoms with Gasteiger partial charge in [0.15, 0.2) is 0 Å². The van der Waals surface area contributed by atoms with Crippen LogP contribution in [0.2, 0.25) is 0 Å². The number of esters is 1. The molecule has 1 aromatic rings. The van der Waals surface area contributed by atoms with Crippen molar-refractivity contribution in [2.24, 2.45) is 0 Å². The van der Waals surface area contributed by atoms with Crippen LogP contribution >= 0.6 is 11.8 Å². The topological polar surface area (TPSA) is 131 Å². The third-order valence-corrected chi connectivity index (χ3v) is 5.52. The first kappa shape index (κ1) is 19.0. The lowest BCUT2D eigenvalue weighted by atomic mass is 10.0. The van der Waals surface area contributed by atoms with Crippen LogP contribution in [-0.2, 0) is 25.7 Å². The molecule has 27 heavy (non-hydrogen) atoms. The first-order valence-electron chi connectivity index (χ1n) is 8.21. The second-order valence-corrected chi connectivity index (χ2v) is 7.06. The van der Waals surface area contributed by atoms with Crippen LogP contribution in [0, 0.1) is 0 Å². The minimum atomic E-state index is -1.28. The third-order valence-electron chi connectivity index (χ3n) is 4.18. The molecule has 2 aliphatic rings. The first-order chi connectivity index (χ1) is 12.8. The third kappa shape index (κ3) is 3.54. The van der Waals surface area contributed by atoms with Crippen molar-refractivity contribution in [1.29, 1.82) is 0 Å². The molecule has 2 amide bonds. The monoisotopic (exact) mass is 394 g/mol. The minimum Gasteiger partial charge on any atom is -0.477 e. The number of thioether (sulfide) groups is 1. The Balaban J connectivity index is 1.74. The normalized spacial score (nSPS) is 21.4. The van der Waals surface area contributed by atoms with E-state index in [0.717, 1.165) is 4.90 Å². The Morgan fingerprint density at radius 1 is 1.44 bits per heavy atom. The Kier molecular flexibility index (Phi) is 5.22. The van der Waals surface area contributed by atoms with E-state index in [4.69, 9.17) is 4.74 Å². The molecule has 0 radical (unpaired) electrons. The van der Waals surface area contributed by atoms with Gasteiger partial charge in [0, 0.05) is 31.0 Å². The summed E-state index contributed by atoms with van der Waals surface area (Å²) in [7, 11) is 0. The predicted molar refractivity (Wildman–Crippen MR) is 93.5 cm³/mol. The van der Waals surface area contributed by atoms with Gasteiger partial charge in [-0.2, -0.15) is 5.10 Å². The van der Waals surface area contributed by atoms with Crippen molar-refractivity contribution >= 4 is 35.5 Å². The van der Waals surface area contributed by atoms with Crippen LogP contribution in [0.1, 0.15) is 24.3 Å². The molecule has 0 bridgehead atoms. The van der Waals surface area contributed by atoms with Gasteiger partial charge in [0.1, 0.15) is 29.4 Å². The van der Waals surface area contributed by atoms with Crippen molar-refractivity contribution in [3.8, 4) is 0 Å². The molecule has 144 valence electrons. The number of rotatable bonds is 6. The molecule has 0 spiro atoms. The maximum Gasteiger partial charge on any atom is 0.352 e. The lowest BCUT2D eigenvalue weighted by Gasteiger charge is -2.49. The highest BCUT2D eigenvalue weighted by Crippen LogP contribution is 2.40. The highest BCUT2D eigenvalue weighted by atomic mass is 32.2. The highest BCUT2D eigenvalue weighted by Gasteiger charge is 2.54. The summed E-state index contributed by atoms with van der Waals surface area (Å²) in [5.41, 5.74) is 0.345.